The van der Waals surface area contributed by atoms with Crippen LogP contribution < -0.4 is 25.7 Å². The van der Waals surface area contributed by atoms with E-state index >= 15 is 0 Å². The summed E-state index contributed by atoms with van der Waals surface area (Å²) < 4.78 is 12.5. The summed E-state index contributed by atoms with van der Waals surface area (Å²) in [4.78, 5) is 36.9. The standard InChI is InChI=1S/C27H32Cl2N6O4/c1-5-21(36)32-17-8-6-9-34(15-17)10-7-11-35-25-16(14-31-27(30-2)33-25)12-18(26(35)37)22-23(28)19(38-3)13-20(39-4)24(22)29/h5,12-14,17H,1,6-11,15H2,2-4H3,(H,32,36)(H,30,31,33)/t17-/m1/s1. The Labute approximate surface area is 236 Å². The third kappa shape index (κ3) is 6.13. The lowest BCUT2D eigenvalue weighted by molar-refractivity contribution is -0.117. The molecule has 1 aromatic carbocycles. The largest absolute Gasteiger partial charge is 0.495 e. The number of pyridine rings is 1. The Kier molecular flexibility index (Phi) is 9.32. The Morgan fingerprint density at radius 2 is 1.92 bits per heavy atom. The van der Waals surface area contributed by atoms with Crippen molar-refractivity contribution in [3.05, 3.63) is 51.4 Å². The number of benzene rings is 1. The number of halogens is 2. The SMILES string of the molecule is C=CC(=O)N[C@@H]1CCCN(CCCn2c(=O)c(-c3c(Cl)c(OC)cc(OC)c3Cl)cc3cnc(NC)nc32)C1. The van der Waals surface area contributed by atoms with Gasteiger partial charge in [0.25, 0.3) is 5.56 Å². The van der Waals surface area contributed by atoms with Crippen LogP contribution in [0.15, 0.2) is 35.8 Å². The molecule has 1 atom stereocenters. The molecule has 0 saturated carbocycles. The molecule has 1 aliphatic heterocycles. The van der Waals surface area contributed by atoms with Gasteiger partial charge in [-0.1, -0.05) is 29.8 Å². The quantitative estimate of drug-likeness (QED) is 0.350. The molecule has 2 aromatic heterocycles. The summed E-state index contributed by atoms with van der Waals surface area (Å²) in [7, 11) is 4.69. The number of carbonyl (C=O) groups excluding carboxylic acids is 1. The fourth-order valence-electron chi connectivity index (χ4n) is 4.88. The van der Waals surface area contributed by atoms with Gasteiger partial charge in [-0.2, -0.15) is 4.98 Å². The van der Waals surface area contributed by atoms with Crippen LogP contribution in [-0.4, -0.2) is 72.3 Å². The molecule has 1 fully saturated rings. The monoisotopic (exact) mass is 574 g/mol. The first-order chi connectivity index (χ1) is 18.8. The van der Waals surface area contributed by atoms with Crippen LogP contribution in [0.2, 0.25) is 10.0 Å². The van der Waals surface area contributed by atoms with E-state index in [1.807, 2.05) is 0 Å². The van der Waals surface area contributed by atoms with Gasteiger partial charge < -0.3 is 25.0 Å². The van der Waals surface area contributed by atoms with Gasteiger partial charge in [-0.05, 0) is 44.5 Å². The average molecular weight is 575 g/mol. The van der Waals surface area contributed by atoms with Crippen LogP contribution in [0.1, 0.15) is 19.3 Å². The summed E-state index contributed by atoms with van der Waals surface area (Å²) in [6.07, 6.45) is 5.54. The lowest BCUT2D eigenvalue weighted by atomic mass is 10.0. The molecule has 3 aromatic rings. The second-order valence-corrected chi connectivity index (χ2v) is 9.98. The minimum absolute atomic E-state index is 0.0781. The summed E-state index contributed by atoms with van der Waals surface area (Å²) in [5.41, 5.74) is 0.822. The Balaban J connectivity index is 1.70. The molecule has 1 saturated heterocycles. The number of ether oxygens (including phenoxy) is 2. The van der Waals surface area contributed by atoms with Gasteiger partial charge in [-0.15, -0.1) is 0 Å². The molecular weight excluding hydrogens is 543 g/mol. The number of anilines is 1. The zero-order chi connectivity index (χ0) is 28.1. The highest BCUT2D eigenvalue weighted by atomic mass is 35.5. The van der Waals surface area contributed by atoms with Crippen molar-refractivity contribution in [1.82, 2.24) is 24.8 Å². The van der Waals surface area contributed by atoms with Crippen molar-refractivity contribution in [2.75, 3.05) is 46.2 Å². The number of hydrogen-bond acceptors (Lipinski definition) is 8. The van der Waals surface area contributed by atoms with E-state index in [9.17, 15) is 9.59 Å². The number of amides is 1. The fourth-order valence-corrected chi connectivity index (χ4v) is 5.58. The van der Waals surface area contributed by atoms with Gasteiger partial charge in [0.15, 0.2) is 0 Å². The third-order valence-corrected chi connectivity index (χ3v) is 7.54. The third-order valence-electron chi connectivity index (χ3n) is 6.79. The highest BCUT2D eigenvalue weighted by Gasteiger charge is 2.24. The molecule has 0 spiro atoms. The number of methoxy groups -OCH3 is 2. The van der Waals surface area contributed by atoms with Crippen molar-refractivity contribution < 1.29 is 14.3 Å². The smallest absolute Gasteiger partial charge is 0.260 e. The maximum absolute atomic E-state index is 14.0. The Bertz CT molecular complexity index is 1420. The van der Waals surface area contributed by atoms with Crippen molar-refractivity contribution in [3.63, 3.8) is 0 Å². The number of piperidine rings is 1. The number of likely N-dealkylation sites (tertiary alicyclic amines) is 1. The van der Waals surface area contributed by atoms with Crippen molar-refractivity contribution in [2.45, 2.75) is 31.8 Å². The maximum atomic E-state index is 14.0. The van der Waals surface area contributed by atoms with E-state index in [0.29, 0.717) is 52.6 Å². The molecule has 1 aliphatic rings. The first kappa shape index (κ1) is 28.7. The van der Waals surface area contributed by atoms with Crippen molar-refractivity contribution >= 4 is 46.1 Å². The summed E-state index contributed by atoms with van der Waals surface area (Å²) in [5.74, 6) is 0.912. The van der Waals surface area contributed by atoms with Crippen molar-refractivity contribution in [2.24, 2.45) is 0 Å². The van der Waals surface area contributed by atoms with Crippen molar-refractivity contribution in [3.8, 4) is 22.6 Å². The predicted octanol–water partition coefficient (Wildman–Crippen LogP) is 3.98. The van der Waals surface area contributed by atoms with E-state index in [-0.39, 0.29) is 27.6 Å². The van der Waals surface area contributed by atoms with Gasteiger partial charge in [0.05, 0.1) is 29.8 Å². The summed E-state index contributed by atoms with van der Waals surface area (Å²) in [6, 6.07) is 3.35. The number of rotatable bonds is 10. The van der Waals surface area contributed by atoms with E-state index in [1.165, 1.54) is 20.3 Å². The van der Waals surface area contributed by atoms with Crippen LogP contribution in [0.25, 0.3) is 22.2 Å². The van der Waals surface area contributed by atoms with Crippen LogP contribution in [0.4, 0.5) is 5.95 Å². The molecule has 0 bridgehead atoms. The minimum Gasteiger partial charge on any atom is -0.495 e. The van der Waals surface area contributed by atoms with Crippen molar-refractivity contribution in [1.29, 1.82) is 0 Å². The summed E-state index contributed by atoms with van der Waals surface area (Å²) >= 11 is 13.3. The van der Waals surface area contributed by atoms with Crippen LogP contribution in [0.5, 0.6) is 11.5 Å². The molecule has 0 unspecified atom stereocenters. The van der Waals surface area contributed by atoms with Gasteiger partial charge in [-0.3, -0.25) is 14.2 Å². The second kappa shape index (κ2) is 12.7. The first-order valence-corrected chi connectivity index (χ1v) is 13.4. The lowest BCUT2D eigenvalue weighted by Crippen LogP contribution is -2.47. The van der Waals surface area contributed by atoms with Gasteiger partial charge >= 0.3 is 0 Å². The Hall–Kier alpha value is -3.34. The number of carbonyl (C=O) groups is 1. The van der Waals surface area contributed by atoms with E-state index < -0.39 is 0 Å². The number of hydrogen-bond donors (Lipinski definition) is 2. The molecule has 4 rings (SSSR count). The molecule has 2 N–H and O–H groups in total. The fraction of sp³-hybridized carbons (Fsp3) is 0.407. The predicted molar refractivity (Wildman–Crippen MR) is 154 cm³/mol. The Morgan fingerprint density at radius 1 is 1.21 bits per heavy atom. The molecule has 0 radical (unpaired) electrons. The molecule has 0 aliphatic carbocycles. The number of aromatic nitrogens is 3. The first-order valence-electron chi connectivity index (χ1n) is 12.6. The number of nitrogens with one attached hydrogen (secondary N) is 2. The molecule has 208 valence electrons. The number of fused-ring (bicyclic) bond motifs is 1. The molecule has 3 heterocycles. The van der Waals surface area contributed by atoms with Crippen LogP contribution >= 0.6 is 23.2 Å². The molecule has 10 nitrogen and oxygen atoms in total. The van der Waals surface area contributed by atoms with Gasteiger partial charge in [-0.25, -0.2) is 4.98 Å². The molecule has 39 heavy (non-hydrogen) atoms. The van der Waals surface area contributed by atoms with Crippen LogP contribution in [-0.2, 0) is 11.3 Å². The Morgan fingerprint density at radius 3 is 2.56 bits per heavy atom. The van der Waals surface area contributed by atoms with E-state index in [1.54, 1.807) is 29.9 Å². The maximum Gasteiger partial charge on any atom is 0.260 e. The van der Waals surface area contributed by atoms with Crippen LogP contribution in [0, 0.1) is 0 Å². The summed E-state index contributed by atoms with van der Waals surface area (Å²) in [5, 5.41) is 6.99. The zero-order valence-electron chi connectivity index (χ0n) is 22.2. The highest BCUT2D eigenvalue weighted by molar-refractivity contribution is 6.41. The molecule has 1 amide bonds. The average Bonchev–Trinajstić information content (AvgIpc) is 2.94. The van der Waals surface area contributed by atoms with Gasteiger partial charge in [0.2, 0.25) is 11.9 Å². The normalized spacial score (nSPS) is 15.7. The highest BCUT2D eigenvalue weighted by Crippen LogP contribution is 2.45. The minimum atomic E-state index is -0.294. The molecule has 12 heteroatoms. The van der Waals surface area contributed by atoms with E-state index in [0.717, 1.165) is 32.5 Å². The van der Waals surface area contributed by atoms with Gasteiger partial charge in [0, 0.05) is 49.4 Å². The number of nitrogens with zero attached hydrogens (tertiary/aromatic N) is 4. The van der Waals surface area contributed by atoms with Gasteiger partial charge in [0.1, 0.15) is 17.1 Å². The lowest BCUT2D eigenvalue weighted by Gasteiger charge is -2.33. The second-order valence-electron chi connectivity index (χ2n) is 9.23. The van der Waals surface area contributed by atoms with E-state index in [2.05, 4.69) is 32.1 Å². The van der Waals surface area contributed by atoms with Crippen LogP contribution in [0.3, 0.4) is 0 Å². The van der Waals surface area contributed by atoms with E-state index in [4.69, 9.17) is 32.7 Å². The summed E-state index contributed by atoms with van der Waals surface area (Å²) in [6.45, 7) is 6.35. The number of aryl methyl sites for hydroxylation is 1. The topological polar surface area (TPSA) is 111 Å². The zero-order valence-corrected chi connectivity index (χ0v) is 23.7. The molecular formula is C27H32Cl2N6O4.